The average Bonchev–Trinajstić information content (AvgIpc) is 2.99. The summed E-state index contributed by atoms with van der Waals surface area (Å²) < 4.78 is 5.26. The van der Waals surface area contributed by atoms with Gasteiger partial charge in [0.25, 0.3) is 0 Å². The molecule has 2 rings (SSSR count). The Labute approximate surface area is 95.6 Å². The van der Waals surface area contributed by atoms with Crippen LogP contribution in [0.4, 0.5) is 0 Å². The number of nitrogens with one attached hydrogen (secondary N) is 1. The fourth-order valence-corrected chi connectivity index (χ4v) is 1.67. The first-order valence-electron chi connectivity index (χ1n) is 5.71. The zero-order valence-corrected chi connectivity index (χ0v) is 9.77. The van der Waals surface area contributed by atoms with Crippen LogP contribution >= 0.6 is 0 Å². The molecule has 1 amide bonds. The Balaban J connectivity index is 1.76. The van der Waals surface area contributed by atoms with Crippen molar-refractivity contribution in [3.63, 3.8) is 0 Å². The minimum atomic E-state index is 0.0755. The minimum absolute atomic E-state index is 0.0755. The lowest BCUT2D eigenvalue weighted by atomic mass is 10.2. The van der Waals surface area contributed by atoms with E-state index < -0.39 is 0 Å². The van der Waals surface area contributed by atoms with Crippen LogP contribution in [0.5, 0.6) is 0 Å². The summed E-state index contributed by atoms with van der Waals surface area (Å²) in [7, 11) is 1.87. The van der Waals surface area contributed by atoms with Crippen molar-refractivity contribution in [3.05, 3.63) is 24.2 Å². The summed E-state index contributed by atoms with van der Waals surface area (Å²) in [5.41, 5.74) is 0. The van der Waals surface area contributed by atoms with E-state index in [-0.39, 0.29) is 11.9 Å². The van der Waals surface area contributed by atoms with E-state index in [2.05, 4.69) is 5.32 Å². The molecule has 1 aromatic rings. The van der Waals surface area contributed by atoms with Crippen LogP contribution in [0.15, 0.2) is 22.8 Å². The molecule has 0 radical (unpaired) electrons. The maximum atomic E-state index is 11.7. The van der Waals surface area contributed by atoms with Crippen molar-refractivity contribution in [2.45, 2.75) is 31.8 Å². The highest BCUT2D eigenvalue weighted by atomic mass is 16.3. The van der Waals surface area contributed by atoms with Gasteiger partial charge in [0.1, 0.15) is 5.76 Å². The maximum absolute atomic E-state index is 11.7. The van der Waals surface area contributed by atoms with Crippen molar-refractivity contribution in [2.24, 2.45) is 0 Å². The Morgan fingerprint density at radius 3 is 3.00 bits per heavy atom. The van der Waals surface area contributed by atoms with Crippen molar-refractivity contribution in [3.8, 4) is 0 Å². The van der Waals surface area contributed by atoms with E-state index in [0.29, 0.717) is 12.6 Å². The second-order valence-corrected chi connectivity index (χ2v) is 4.35. The molecule has 0 aliphatic heterocycles. The first-order valence-corrected chi connectivity index (χ1v) is 5.71. The number of amides is 1. The lowest BCUT2D eigenvalue weighted by molar-refractivity contribution is -0.129. The summed E-state index contributed by atoms with van der Waals surface area (Å²) in [6, 6.07) is 4.32. The highest BCUT2D eigenvalue weighted by molar-refractivity contribution is 5.78. The first-order chi connectivity index (χ1) is 7.68. The number of rotatable bonds is 5. The Hall–Kier alpha value is -1.29. The van der Waals surface area contributed by atoms with Crippen LogP contribution in [0.25, 0.3) is 0 Å². The van der Waals surface area contributed by atoms with Gasteiger partial charge in [-0.3, -0.25) is 10.1 Å². The Morgan fingerprint density at radius 1 is 1.69 bits per heavy atom. The molecule has 1 fully saturated rings. The van der Waals surface area contributed by atoms with Crippen molar-refractivity contribution < 1.29 is 9.21 Å². The van der Waals surface area contributed by atoms with Gasteiger partial charge in [-0.25, -0.2) is 0 Å². The fraction of sp³-hybridized carbons (Fsp3) is 0.583. The predicted octanol–water partition coefficient (Wildman–Crippen LogP) is 1.55. The van der Waals surface area contributed by atoms with Gasteiger partial charge in [0.05, 0.1) is 18.8 Å². The van der Waals surface area contributed by atoms with E-state index in [1.54, 1.807) is 6.26 Å². The maximum Gasteiger partial charge on any atom is 0.236 e. The van der Waals surface area contributed by atoms with Gasteiger partial charge in [0.2, 0.25) is 5.91 Å². The molecule has 4 heteroatoms. The van der Waals surface area contributed by atoms with Gasteiger partial charge in [-0.1, -0.05) is 0 Å². The highest BCUT2D eigenvalue weighted by Gasteiger charge is 2.29. The van der Waals surface area contributed by atoms with Gasteiger partial charge in [-0.05, 0) is 31.9 Å². The molecule has 0 unspecified atom stereocenters. The second-order valence-electron chi connectivity index (χ2n) is 4.35. The molecule has 1 saturated carbocycles. The molecule has 4 nitrogen and oxygen atoms in total. The number of carbonyl (C=O) groups excluding carboxylic acids is 1. The van der Waals surface area contributed by atoms with Crippen LogP contribution in [-0.2, 0) is 4.79 Å². The summed E-state index contributed by atoms with van der Waals surface area (Å²) in [4.78, 5) is 13.6. The molecule has 0 bridgehead atoms. The molecule has 0 spiro atoms. The molecular weight excluding hydrogens is 204 g/mol. The van der Waals surface area contributed by atoms with Crippen LogP contribution < -0.4 is 5.32 Å². The van der Waals surface area contributed by atoms with Crippen molar-refractivity contribution in [1.82, 2.24) is 10.2 Å². The van der Waals surface area contributed by atoms with Gasteiger partial charge in [-0.15, -0.1) is 0 Å². The molecule has 1 aromatic heterocycles. The van der Waals surface area contributed by atoms with Crippen molar-refractivity contribution in [2.75, 3.05) is 13.6 Å². The van der Waals surface area contributed by atoms with Gasteiger partial charge >= 0.3 is 0 Å². The highest BCUT2D eigenvalue weighted by Crippen LogP contribution is 2.25. The van der Waals surface area contributed by atoms with E-state index >= 15 is 0 Å². The number of nitrogens with zero attached hydrogens (tertiary/aromatic N) is 1. The topological polar surface area (TPSA) is 45.5 Å². The van der Waals surface area contributed by atoms with E-state index in [0.717, 1.165) is 18.6 Å². The first kappa shape index (κ1) is 11.2. The summed E-state index contributed by atoms with van der Waals surface area (Å²) in [5.74, 6) is 1.02. The summed E-state index contributed by atoms with van der Waals surface area (Å²) in [6.45, 7) is 2.36. The van der Waals surface area contributed by atoms with E-state index in [1.165, 1.54) is 0 Å². The van der Waals surface area contributed by atoms with Gasteiger partial charge < -0.3 is 9.32 Å². The predicted molar refractivity (Wildman–Crippen MR) is 60.9 cm³/mol. The zero-order chi connectivity index (χ0) is 11.5. The largest absolute Gasteiger partial charge is 0.468 e. The van der Waals surface area contributed by atoms with E-state index in [1.807, 2.05) is 31.0 Å². The van der Waals surface area contributed by atoms with E-state index in [4.69, 9.17) is 4.42 Å². The molecule has 16 heavy (non-hydrogen) atoms. The molecule has 1 heterocycles. The monoisotopic (exact) mass is 222 g/mol. The lowest BCUT2D eigenvalue weighted by Gasteiger charge is -2.18. The third kappa shape index (κ3) is 2.64. The lowest BCUT2D eigenvalue weighted by Crippen LogP contribution is -2.37. The number of carbonyl (C=O) groups is 1. The molecule has 0 aromatic carbocycles. The third-order valence-corrected chi connectivity index (χ3v) is 3.02. The molecule has 1 atom stereocenters. The Kier molecular flexibility index (Phi) is 3.29. The van der Waals surface area contributed by atoms with Gasteiger partial charge in [-0.2, -0.15) is 0 Å². The Bertz CT molecular complexity index is 344. The molecule has 1 N–H and O–H groups in total. The smallest absolute Gasteiger partial charge is 0.236 e. The quantitative estimate of drug-likeness (QED) is 0.822. The standard InChI is InChI=1S/C12H18N2O2/c1-9(11-4-3-7-16-11)13-8-12(15)14(2)10-5-6-10/h3-4,7,9-10,13H,5-6,8H2,1-2H3/t9-/m1/s1. The molecule has 88 valence electrons. The number of hydrogen-bond donors (Lipinski definition) is 1. The van der Waals surface area contributed by atoms with Crippen LogP contribution in [-0.4, -0.2) is 30.4 Å². The zero-order valence-electron chi connectivity index (χ0n) is 9.77. The summed E-state index contributed by atoms with van der Waals surface area (Å²) >= 11 is 0. The normalized spacial score (nSPS) is 17.1. The van der Waals surface area contributed by atoms with Gasteiger partial charge in [0.15, 0.2) is 0 Å². The van der Waals surface area contributed by atoms with Crippen LogP contribution in [0, 0.1) is 0 Å². The van der Waals surface area contributed by atoms with Crippen LogP contribution in [0.1, 0.15) is 31.6 Å². The third-order valence-electron chi connectivity index (χ3n) is 3.02. The molecule has 1 aliphatic rings. The number of furan rings is 1. The Morgan fingerprint density at radius 2 is 2.44 bits per heavy atom. The van der Waals surface area contributed by atoms with Crippen molar-refractivity contribution in [1.29, 1.82) is 0 Å². The molecular formula is C12H18N2O2. The fourth-order valence-electron chi connectivity index (χ4n) is 1.67. The average molecular weight is 222 g/mol. The van der Waals surface area contributed by atoms with Crippen molar-refractivity contribution >= 4 is 5.91 Å². The van der Waals surface area contributed by atoms with Crippen LogP contribution in [0.2, 0.25) is 0 Å². The summed E-state index contributed by atoms with van der Waals surface area (Å²) in [6.07, 6.45) is 3.94. The SMILES string of the molecule is C[C@@H](NCC(=O)N(C)C1CC1)c1ccco1. The molecule has 0 saturated heterocycles. The summed E-state index contributed by atoms with van der Waals surface area (Å²) in [5, 5.41) is 3.16. The van der Waals surface area contributed by atoms with Gasteiger partial charge in [0, 0.05) is 13.1 Å². The minimum Gasteiger partial charge on any atom is -0.468 e. The molecule has 1 aliphatic carbocycles. The second kappa shape index (κ2) is 4.70. The number of likely N-dealkylation sites (N-methyl/N-ethyl adjacent to an activating group) is 1. The number of hydrogen-bond acceptors (Lipinski definition) is 3. The van der Waals surface area contributed by atoms with E-state index in [9.17, 15) is 4.79 Å². The van der Waals surface area contributed by atoms with Crippen LogP contribution in [0.3, 0.4) is 0 Å².